The van der Waals surface area contributed by atoms with Crippen molar-refractivity contribution < 1.29 is 14.3 Å². The van der Waals surface area contributed by atoms with Gasteiger partial charge in [-0.3, -0.25) is 9.59 Å². The number of carbonyl (C=O) groups excluding carboxylic acids is 2. The van der Waals surface area contributed by atoms with E-state index in [0.717, 1.165) is 0 Å². The van der Waals surface area contributed by atoms with E-state index in [4.69, 9.17) is 10.00 Å². The molecule has 0 N–H and O–H groups in total. The predicted octanol–water partition coefficient (Wildman–Crippen LogP) is 2.15. The zero-order valence-electron chi connectivity index (χ0n) is 12.8. The van der Waals surface area contributed by atoms with Crippen LogP contribution in [0.1, 0.15) is 33.3 Å². The maximum absolute atomic E-state index is 12.1. The third-order valence-electron chi connectivity index (χ3n) is 2.94. The van der Waals surface area contributed by atoms with Gasteiger partial charge < -0.3 is 9.64 Å². The molecule has 0 fully saturated rings. The number of hydrogen-bond acceptors (Lipinski definition) is 4. The summed E-state index contributed by atoms with van der Waals surface area (Å²) in [6, 6.07) is 8.28. The highest BCUT2D eigenvalue weighted by Crippen LogP contribution is 2.12. The van der Waals surface area contributed by atoms with Crippen molar-refractivity contribution in [3.63, 3.8) is 0 Å². The minimum atomic E-state index is -0.582. The summed E-state index contributed by atoms with van der Waals surface area (Å²) in [5.74, 6) is -0.661. The smallest absolute Gasteiger partial charge is 0.294 e. The molecule has 112 valence electrons. The first-order valence-corrected chi connectivity index (χ1v) is 6.85. The van der Waals surface area contributed by atoms with Crippen molar-refractivity contribution in [1.29, 1.82) is 5.26 Å². The molecule has 21 heavy (non-hydrogen) atoms. The Labute approximate surface area is 125 Å². The number of Topliss-reactive ketones (excluding diaryl/α,β-unsaturated/α-hetero) is 1. The van der Waals surface area contributed by atoms with Crippen molar-refractivity contribution in [3.8, 4) is 11.8 Å². The van der Waals surface area contributed by atoms with Crippen LogP contribution in [0.25, 0.3) is 0 Å². The van der Waals surface area contributed by atoms with Crippen LogP contribution >= 0.6 is 0 Å². The number of benzene rings is 1. The fraction of sp³-hybridized carbons (Fsp3) is 0.438. The third-order valence-corrected chi connectivity index (χ3v) is 2.94. The first-order chi connectivity index (χ1) is 9.86. The second-order valence-electron chi connectivity index (χ2n) is 5.25. The van der Waals surface area contributed by atoms with E-state index >= 15 is 0 Å². The second kappa shape index (κ2) is 7.44. The SMILES string of the molecule is CC(C)N(C(=O)C(=O)COc1ccc(C#N)cc1)C(C)C. The standard InChI is InChI=1S/C16H20N2O3/c1-11(2)18(12(3)4)16(20)15(19)10-21-14-7-5-13(9-17)6-8-14/h5-8,11-12H,10H2,1-4H3. The molecule has 1 aromatic rings. The summed E-state index contributed by atoms with van der Waals surface area (Å²) in [5, 5.41) is 8.69. The van der Waals surface area contributed by atoms with Gasteiger partial charge in [0, 0.05) is 12.1 Å². The quantitative estimate of drug-likeness (QED) is 0.752. The molecule has 1 rings (SSSR count). The van der Waals surface area contributed by atoms with Crippen LogP contribution in [0.5, 0.6) is 5.75 Å². The monoisotopic (exact) mass is 288 g/mol. The normalized spacial score (nSPS) is 10.3. The molecule has 0 saturated heterocycles. The summed E-state index contributed by atoms with van der Waals surface area (Å²) < 4.78 is 5.29. The summed E-state index contributed by atoms with van der Waals surface area (Å²) in [5.41, 5.74) is 0.510. The topological polar surface area (TPSA) is 70.4 Å². The van der Waals surface area contributed by atoms with Gasteiger partial charge in [-0.15, -0.1) is 0 Å². The number of nitrogens with zero attached hydrogens (tertiary/aromatic N) is 2. The molecule has 0 spiro atoms. The van der Waals surface area contributed by atoms with Crippen LogP contribution in [0, 0.1) is 11.3 Å². The van der Waals surface area contributed by atoms with Gasteiger partial charge in [-0.1, -0.05) is 0 Å². The molecule has 0 heterocycles. The first kappa shape index (κ1) is 16.7. The van der Waals surface area contributed by atoms with Crippen molar-refractivity contribution >= 4 is 11.7 Å². The van der Waals surface area contributed by atoms with Crippen LogP contribution < -0.4 is 4.74 Å². The number of rotatable bonds is 6. The van der Waals surface area contributed by atoms with Gasteiger partial charge in [0.1, 0.15) is 5.75 Å². The maximum Gasteiger partial charge on any atom is 0.294 e. The molecule has 0 aliphatic heterocycles. The lowest BCUT2D eigenvalue weighted by Crippen LogP contribution is -2.46. The first-order valence-electron chi connectivity index (χ1n) is 6.85. The average Bonchev–Trinajstić information content (AvgIpc) is 2.44. The van der Waals surface area contributed by atoms with Crippen LogP contribution in [0.4, 0.5) is 0 Å². The summed E-state index contributed by atoms with van der Waals surface area (Å²) in [7, 11) is 0. The Bertz CT molecular complexity index is 534. The van der Waals surface area contributed by atoms with Gasteiger partial charge in [-0.25, -0.2) is 0 Å². The molecule has 0 saturated carbocycles. The predicted molar refractivity (Wildman–Crippen MR) is 78.8 cm³/mol. The van der Waals surface area contributed by atoms with E-state index in [-0.39, 0.29) is 18.7 Å². The van der Waals surface area contributed by atoms with Crippen molar-refractivity contribution in [1.82, 2.24) is 4.90 Å². The van der Waals surface area contributed by atoms with Gasteiger partial charge in [-0.2, -0.15) is 5.26 Å². The molecule has 0 aromatic heterocycles. The Balaban J connectivity index is 2.64. The Hall–Kier alpha value is -2.35. The average molecular weight is 288 g/mol. The number of amides is 1. The van der Waals surface area contributed by atoms with Crippen LogP contribution in [0.15, 0.2) is 24.3 Å². The molecule has 0 bridgehead atoms. The van der Waals surface area contributed by atoms with Crippen molar-refractivity contribution in [2.45, 2.75) is 39.8 Å². The van der Waals surface area contributed by atoms with Gasteiger partial charge >= 0.3 is 0 Å². The molecule has 0 aliphatic carbocycles. The molecule has 0 radical (unpaired) electrons. The minimum Gasteiger partial charge on any atom is -0.485 e. The summed E-state index contributed by atoms with van der Waals surface area (Å²) in [6.45, 7) is 7.17. The molecule has 5 heteroatoms. The number of ether oxygens (including phenoxy) is 1. The summed E-state index contributed by atoms with van der Waals surface area (Å²) >= 11 is 0. The molecule has 5 nitrogen and oxygen atoms in total. The van der Waals surface area contributed by atoms with Gasteiger partial charge in [0.05, 0.1) is 11.6 Å². The Morgan fingerprint density at radius 2 is 1.67 bits per heavy atom. The Morgan fingerprint density at radius 3 is 2.10 bits per heavy atom. The minimum absolute atomic E-state index is 0.0450. The van der Waals surface area contributed by atoms with Gasteiger partial charge in [0.2, 0.25) is 0 Å². The van der Waals surface area contributed by atoms with Crippen molar-refractivity contribution in [2.75, 3.05) is 6.61 Å². The Kier molecular flexibility index (Phi) is 5.92. The third kappa shape index (κ3) is 4.60. The molecule has 0 aliphatic rings. The van der Waals surface area contributed by atoms with Gasteiger partial charge in [0.15, 0.2) is 6.61 Å². The van der Waals surface area contributed by atoms with E-state index in [1.165, 1.54) is 4.90 Å². The van der Waals surface area contributed by atoms with E-state index in [0.29, 0.717) is 11.3 Å². The van der Waals surface area contributed by atoms with Gasteiger partial charge in [-0.05, 0) is 52.0 Å². The van der Waals surface area contributed by atoms with Crippen molar-refractivity contribution in [3.05, 3.63) is 29.8 Å². The number of nitriles is 1. The largest absolute Gasteiger partial charge is 0.485 e. The highest BCUT2D eigenvalue weighted by atomic mass is 16.5. The fourth-order valence-electron chi connectivity index (χ4n) is 2.05. The van der Waals surface area contributed by atoms with E-state index < -0.39 is 11.7 Å². The van der Waals surface area contributed by atoms with E-state index in [9.17, 15) is 9.59 Å². The number of carbonyl (C=O) groups is 2. The number of ketones is 1. The van der Waals surface area contributed by atoms with E-state index in [2.05, 4.69) is 0 Å². The van der Waals surface area contributed by atoms with Crippen LogP contribution in [-0.2, 0) is 9.59 Å². The van der Waals surface area contributed by atoms with Crippen LogP contribution in [0.2, 0.25) is 0 Å². The molecular weight excluding hydrogens is 268 g/mol. The fourth-order valence-corrected chi connectivity index (χ4v) is 2.05. The lowest BCUT2D eigenvalue weighted by atomic mass is 10.2. The lowest BCUT2D eigenvalue weighted by Gasteiger charge is -2.29. The molecular formula is C16H20N2O3. The molecule has 0 unspecified atom stereocenters. The summed E-state index contributed by atoms with van der Waals surface area (Å²) in [6.07, 6.45) is 0. The van der Waals surface area contributed by atoms with Crippen LogP contribution in [-0.4, -0.2) is 35.3 Å². The zero-order valence-corrected chi connectivity index (χ0v) is 12.8. The molecule has 0 atom stereocenters. The van der Waals surface area contributed by atoms with E-state index in [1.807, 2.05) is 33.8 Å². The van der Waals surface area contributed by atoms with Crippen LogP contribution in [0.3, 0.4) is 0 Å². The zero-order chi connectivity index (χ0) is 16.0. The maximum atomic E-state index is 12.1. The van der Waals surface area contributed by atoms with Gasteiger partial charge in [0.25, 0.3) is 11.7 Å². The molecule has 1 amide bonds. The Morgan fingerprint density at radius 1 is 1.14 bits per heavy atom. The van der Waals surface area contributed by atoms with E-state index in [1.54, 1.807) is 24.3 Å². The highest BCUT2D eigenvalue weighted by molar-refractivity contribution is 6.36. The second-order valence-corrected chi connectivity index (χ2v) is 5.25. The summed E-state index contributed by atoms with van der Waals surface area (Å²) in [4.78, 5) is 25.6. The van der Waals surface area contributed by atoms with Crippen molar-refractivity contribution in [2.24, 2.45) is 0 Å². The lowest BCUT2D eigenvalue weighted by molar-refractivity contribution is -0.148. The highest BCUT2D eigenvalue weighted by Gasteiger charge is 2.26. The molecule has 1 aromatic carbocycles. The number of hydrogen-bond donors (Lipinski definition) is 0.